The lowest BCUT2D eigenvalue weighted by atomic mass is 9.98. The van der Waals surface area contributed by atoms with Gasteiger partial charge in [-0.15, -0.1) is 0 Å². The lowest BCUT2D eigenvalue weighted by Crippen LogP contribution is -2.30. The Kier molecular flexibility index (Phi) is 7.93. The second kappa shape index (κ2) is 10.8. The molecule has 0 radical (unpaired) electrons. The number of nitrogens with zero attached hydrogens (tertiary/aromatic N) is 1. The van der Waals surface area contributed by atoms with Crippen LogP contribution in [0.3, 0.4) is 0 Å². The second-order valence-corrected chi connectivity index (χ2v) is 11.5. The van der Waals surface area contributed by atoms with Crippen LogP contribution in [-0.2, 0) is 23.1 Å². The Morgan fingerprint density at radius 1 is 0.806 bits per heavy atom. The third-order valence-electron chi connectivity index (χ3n) is 5.70. The summed E-state index contributed by atoms with van der Waals surface area (Å²) in [6, 6.07) is 21.0. The van der Waals surface area contributed by atoms with Gasteiger partial charge in [-0.2, -0.15) is 4.31 Å². The average molecular weight is 565 g/mol. The Hall–Kier alpha value is -2.61. The summed E-state index contributed by atoms with van der Waals surface area (Å²) in [4.78, 5) is -0.410. The van der Waals surface area contributed by atoms with E-state index in [4.69, 9.17) is 34.8 Å². The molecule has 36 heavy (non-hydrogen) atoms. The van der Waals surface area contributed by atoms with Gasteiger partial charge in [0.15, 0.2) is 5.75 Å². The molecule has 4 rings (SSSR count). The molecule has 0 fully saturated rings. The molecule has 0 heterocycles. The van der Waals surface area contributed by atoms with Gasteiger partial charge in [-0.1, -0.05) is 71.2 Å². The zero-order valence-electron chi connectivity index (χ0n) is 19.1. The molecule has 0 spiro atoms. The Bertz CT molecular complexity index is 1510. The van der Waals surface area contributed by atoms with Crippen molar-refractivity contribution in [1.82, 2.24) is 4.31 Å². The lowest BCUT2D eigenvalue weighted by Gasteiger charge is -2.24. The van der Waals surface area contributed by atoms with Crippen molar-refractivity contribution in [2.24, 2.45) is 0 Å². The van der Waals surface area contributed by atoms with Crippen molar-refractivity contribution in [2.45, 2.75) is 24.9 Å². The van der Waals surface area contributed by atoms with Gasteiger partial charge in [0.25, 0.3) is 0 Å². The van der Waals surface area contributed by atoms with Crippen LogP contribution in [0, 0.1) is 12.7 Å². The Balaban J connectivity index is 1.78. The van der Waals surface area contributed by atoms with Crippen molar-refractivity contribution in [2.75, 3.05) is 0 Å². The highest BCUT2D eigenvalue weighted by Gasteiger charge is 2.29. The molecule has 0 bridgehead atoms. The quantitative estimate of drug-likeness (QED) is 0.249. The molecule has 0 unspecified atom stereocenters. The Labute approximate surface area is 224 Å². The molecule has 1 N–H and O–H groups in total. The van der Waals surface area contributed by atoms with Crippen molar-refractivity contribution in [1.29, 1.82) is 0 Å². The van der Waals surface area contributed by atoms with Crippen LogP contribution in [0.4, 0.5) is 4.39 Å². The first-order valence-electron chi connectivity index (χ1n) is 10.8. The number of rotatable bonds is 7. The van der Waals surface area contributed by atoms with E-state index in [1.165, 1.54) is 34.6 Å². The van der Waals surface area contributed by atoms with Gasteiger partial charge >= 0.3 is 0 Å². The number of aromatic hydroxyl groups is 1. The summed E-state index contributed by atoms with van der Waals surface area (Å²) in [5.41, 5.74) is 4.15. The first kappa shape index (κ1) is 26.5. The van der Waals surface area contributed by atoms with Gasteiger partial charge in [-0.3, -0.25) is 0 Å². The number of halogens is 4. The lowest BCUT2D eigenvalue weighted by molar-refractivity contribution is 0.394. The largest absolute Gasteiger partial charge is 0.505 e. The van der Waals surface area contributed by atoms with Crippen LogP contribution in [0.5, 0.6) is 5.75 Å². The molecule has 0 aliphatic rings. The van der Waals surface area contributed by atoms with Crippen LogP contribution < -0.4 is 0 Å². The van der Waals surface area contributed by atoms with Crippen molar-refractivity contribution >= 4 is 44.8 Å². The van der Waals surface area contributed by atoms with Crippen LogP contribution in [-0.4, -0.2) is 17.8 Å². The number of phenolic OH excluding ortho intramolecular Hbond substituents is 1. The van der Waals surface area contributed by atoms with Crippen molar-refractivity contribution in [3.8, 4) is 16.9 Å². The van der Waals surface area contributed by atoms with Gasteiger partial charge in [0, 0.05) is 23.1 Å². The standard InChI is InChI=1S/C27H21Cl3FNO3S/c1-17-2-3-19(12-24(17)20-6-8-21(28)9-7-20)16-32(15-18-4-10-23(31)11-5-18)36(34,35)26-14-22(29)13-25(30)27(26)33/h2-14,33H,15-16H2,1H3. The highest BCUT2D eigenvalue weighted by molar-refractivity contribution is 7.89. The molecule has 0 aromatic heterocycles. The van der Waals surface area contributed by atoms with E-state index in [9.17, 15) is 17.9 Å². The highest BCUT2D eigenvalue weighted by Crippen LogP contribution is 2.37. The molecule has 186 valence electrons. The van der Waals surface area contributed by atoms with E-state index in [-0.39, 0.29) is 23.1 Å². The number of sulfonamides is 1. The number of hydrogen-bond acceptors (Lipinski definition) is 3. The number of benzene rings is 4. The first-order valence-corrected chi connectivity index (χ1v) is 13.4. The molecule has 0 aliphatic heterocycles. The third-order valence-corrected chi connectivity index (χ3v) is 8.26. The van der Waals surface area contributed by atoms with Crippen molar-refractivity contribution in [3.63, 3.8) is 0 Å². The molecule has 9 heteroatoms. The fourth-order valence-corrected chi connectivity index (χ4v) is 6.10. The van der Waals surface area contributed by atoms with E-state index in [0.29, 0.717) is 16.1 Å². The summed E-state index contributed by atoms with van der Waals surface area (Å²) >= 11 is 18.1. The van der Waals surface area contributed by atoms with E-state index in [1.54, 1.807) is 12.1 Å². The molecule has 0 saturated carbocycles. The van der Waals surface area contributed by atoms with Gasteiger partial charge in [0.05, 0.1) is 5.02 Å². The van der Waals surface area contributed by atoms with Gasteiger partial charge < -0.3 is 5.11 Å². The summed E-state index contributed by atoms with van der Waals surface area (Å²) < 4.78 is 42.2. The third kappa shape index (κ3) is 5.85. The van der Waals surface area contributed by atoms with Crippen molar-refractivity contribution in [3.05, 3.63) is 116 Å². The summed E-state index contributed by atoms with van der Waals surface area (Å²) in [6.07, 6.45) is 0. The predicted molar refractivity (Wildman–Crippen MR) is 143 cm³/mol. The maximum atomic E-state index is 13.8. The minimum atomic E-state index is -4.27. The van der Waals surface area contributed by atoms with Crippen LogP contribution in [0.1, 0.15) is 16.7 Å². The second-order valence-electron chi connectivity index (χ2n) is 8.29. The zero-order valence-corrected chi connectivity index (χ0v) is 22.1. The monoisotopic (exact) mass is 563 g/mol. The van der Waals surface area contributed by atoms with Crippen molar-refractivity contribution < 1.29 is 17.9 Å². The Morgan fingerprint density at radius 2 is 1.42 bits per heavy atom. The predicted octanol–water partition coefficient (Wildman–Crippen LogP) is 7.86. The van der Waals surface area contributed by atoms with E-state index < -0.39 is 26.5 Å². The highest BCUT2D eigenvalue weighted by atomic mass is 35.5. The molecule has 0 aliphatic carbocycles. The summed E-state index contributed by atoms with van der Waals surface area (Å²) in [6.45, 7) is 1.87. The van der Waals surface area contributed by atoms with E-state index in [0.717, 1.165) is 22.8 Å². The molecule has 0 amide bonds. The average Bonchev–Trinajstić information content (AvgIpc) is 2.84. The van der Waals surface area contributed by atoms with Crippen LogP contribution >= 0.6 is 34.8 Å². The van der Waals surface area contributed by atoms with Gasteiger partial charge in [-0.25, -0.2) is 12.8 Å². The molecular formula is C27H21Cl3FNO3S. The smallest absolute Gasteiger partial charge is 0.247 e. The summed E-state index contributed by atoms with van der Waals surface area (Å²) in [5.74, 6) is -1.02. The maximum Gasteiger partial charge on any atom is 0.247 e. The van der Waals surface area contributed by atoms with Gasteiger partial charge in [0.2, 0.25) is 10.0 Å². The minimum absolute atomic E-state index is 0.0237. The number of phenols is 1. The van der Waals surface area contributed by atoms with Crippen LogP contribution in [0.25, 0.3) is 11.1 Å². The number of aryl methyl sites for hydroxylation is 1. The summed E-state index contributed by atoms with van der Waals surface area (Å²) in [7, 11) is -4.27. The van der Waals surface area contributed by atoms with Crippen LogP contribution in [0.15, 0.2) is 83.8 Å². The van der Waals surface area contributed by atoms with Gasteiger partial charge in [-0.05, 0) is 77.2 Å². The van der Waals surface area contributed by atoms with E-state index in [1.807, 2.05) is 37.3 Å². The molecule has 0 atom stereocenters. The van der Waals surface area contributed by atoms with Crippen LogP contribution in [0.2, 0.25) is 15.1 Å². The van der Waals surface area contributed by atoms with E-state index in [2.05, 4.69) is 0 Å². The number of hydrogen-bond donors (Lipinski definition) is 1. The maximum absolute atomic E-state index is 13.8. The topological polar surface area (TPSA) is 57.6 Å². The van der Waals surface area contributed by atoms with E-state index >= 15 is 0 Å². The first-order chi connectivity index (χ1) is 17.0. The fourth-order valence-electron chi connectivity index (χ4n) is 3.81. The molecule has 4 aromatic rings. The molecule has 4 nitrogen and oxygen atoms in total. The Morgan fingerprint density at radius 3 is 2.08 bits per heavy atom. The normalized spacial score (nSPS) is 11.7. The molecular weight excluding hydrogens is 544 g/mol. The fraction of sp³-hybridized carbons (Fsp3) is 0.111. The molecule has 0 saturated heterocycles. The molecule has 4 aromatic carbocycles. The van der Waals surface area contributed by atoms with Gasteiger partial charge in [0.1, 0.15) is 10.7 Å². The minimum Gasteiger partial charge on any atom is -0.505 e. The zero-order chi connectivity index (χ0) is 26.0. The SMILES string of the molecule is Cc1ccc(CN(Cc2ccc(F)cc2)S(=O)(=O)c2cc(Cl)cc(Cl)c2O)cc1-c1ccc(Cl)cc1. The summed E-state index contributed by atoms with van der Waals surface area (Å²) in [5, 5.41) is 11.0.